The fourth-order valence-corrected chi connectivity index (χ4v) is 8.49. The number of aromatic hydroxyl groups is 1. The van der Waals surface area contributed by atoms with Crippen molar-refractivity contribution in [3.05, 3.63) is 47.7 Å². The number of terminal acetylenes is 1. The number of ether oxygens (including phenoxy) is 2. The second kappa shape index (κ2) is 11.9. The summed E-state index contributed by atoms with van der Waals surface area (Å²) in [4.78, 5) is 32.5. The van der Waals surface area contributed by atoms with Crippen molar-refractivity contribution in [1.29, 1.82) is 0 Å². The van der Waals surface area contributed by atoms with E-state index >= 15 is 4.39 Å². The van der Waals surface area contributed by atoms with Crippen LogP contribution in [0.4, 0.5) is 23.8 Å². The molecule has 0 saturated carbocycles. The van der Waals surface area contributed by atoms with Crippen LogP contribution in [-0.2, 0) is 4.74 Å². The Labute approximate surface area is 280 Å². The number of phenolic OH excluding ortho intramolecular Hbond substituents is 1. The first-order valence-electron chi connectivity index (χ1n) is 16.7. The molecule has 2 aromatic heterocycles. The van der Waals surface area contributed by atoms with E-state index in [2.05, 4.69) is 20.8 Å². The zero-order valence-corrected chi connectivity index (χ0v) is 27.0. The van der Waals surface area contributed by atoms with Crippen LogP contribution in [0.5, 0.6) is 11.8 Å². The standard InChI is InChI=1S/C36H35F3N6O4/c1-3-25-28(38)9-6-20-12-24(46)13-26(29(20)25)31-30(39)32-27(15-40-31)33(43-17-22-7-8-23(18-43)45(22)35(47)48-4-2)42-34(41-32)49-19-36-10-5-11-44(36)16-21(37)14-36/h1,6,9,12-13,15,21-23,46H,4-5,7-8,10-11,14,16-19H2,2H3/t21-,22?,23?,36+/m1/s1. The average Bonchev–Trinajstić information content (AvgIpc) is 3.70. The number of amides is 1. The van der Waals surface area contributed by atoms with Gasteiger partial charge in [0.15, 0.2) is 5.82 Å². The molecule has 1 amide bonds. The van der Waals surface area contributed by atoms with Gasteiger partial charge in [-0.25, -0.2) is 18.0 Å². The Morgan fingerprint density at radius 3 is 2.71 bits per heavy atom. The number of fused-ring (bicyclic) bond motifs is 5. The number of nitrogens with zero attached hydrogens (tertiary/aromatic N) is 6. The Balaban J connectivity index is 1.25. The summed E-state index contributed by atoms with van der Waals surface area (Å²) in [5.41, 5.74) is -0.739. The third kappa shape index (κ3) is 5.15. The molecule has 2 unspecified atom stereocenters. The van der Waals surface area contributed by atoms with Crippen LogP contribution in [0.2, 0.25) is 0 Å². The first kappa shape index (κ1) is 31.4. The molecule has 8 rings (SSSR count). The van der Waals surface area contributed by atoms with E-state index in [1.54, 1.807) is 11.8 Å². The molecule has 2 aromatic carbocycles. The zero-order chi connectivity index (χ0) is 34.0. The summed E-state index contributed by atoms with van der Waals surface area (Å²) >= 11 is 0. The number of carbonyl (C=O) groups excluding carboxylic acids is 1. The summed E-state index contributed by atoms with van der Waals surface area (Å²) in [6, 6.07) is 5.04. The maximum Gasteiger partial charge on any atom is 0.410 e. The monoisotopic (exact) mass is 672 g/mol. The van der Waals surface area contributed by atoms with E-state index in [0.29, 0.717) is 42.6 Å². The Morgan fingerprint density at radius 1 is 1.16 bits per heavy atom. The van der Waals surface area contributed by atoms with E-state index in [1.165, 1.54) is 30.5 Å². The fourth-order valence-electron chi connectivity index (χ4n) is 8.49. The lowest BCUT2D eigenvalue weighted by Gasteiger charge is -2.41. The highest BCUT2D eigenvalue weighted by Gasteiger charge is 2.49. The van der Waals surface area contributed by atoms with Crippen molar-refractivity contribution in [2.24, 2.45) is 0 Å². The Kier molecular flexibility index (Phi) is 7.66. The predicted octanol–water partition coefficient (Wildman–Crippen LogP) is 5.57. The molecule has 1 N–H and O–H groups in total. The molecule has 13 heteroatoms. The number of anilines is 1. The molecule has 4 fully saturated rings. The molecule has 6 heterocycles. The van der Waals surface area contributed by atoms with Gasteiger partial charge < -0.3 is 19.5 Å². The van der Waals surface area contributed by atoms with Gasteiger partial charge in [-0.3, -0.25) is 14.8 Å². The third-order valence-corrected chi connectivity index (χ3v) is 10.6. The van der Waals surface area contributed by atoms with Crippen LogP contribution in [-0.4, -0.2) is 99.1 Å². The van der Waals surface area contributed by atoms with Gasteiger partial charge in [0.25, 0.3) is 0 Å². The Bertz CT molecular complexity index is 2030. The molecule has 2 bridgehead atoms. The fraction of sp³-hybridized carbons (Fsp3) is 0.444. The molecule has 4 saturated heterocycles. The van der Waals surface area contributed by atoms with Crippen molar-refractivity contribution >= 4 is 33.6 Å². The number of piperazine rings is 1. The zero-order valence-electron chi connectivity index (χ0n) is 27.0. The molecule has 4 aromatic rings. The number of hydrogen-bond donors (Lipinski definition) is 1. The highest BCUT2D eigenvalue weighted by atomic mass is 19.1. The lowest BCUT2D eigenvalue weighted by atomic mass is 9.95. The van der Waals surface area contributed by atoms with Crippen LogP contribution < -0.4 is 9.64 Å². The van der Waals surface area contributed by atoms with Crippen molar-refractivity contribution in [2.45, 2.75) is 62.8 Å². The van der Waals surface area contributed by atoms with E-state index in [4.69, 9.17) is 20.9 Å². The summed E-state index contributed by atoms with van der Waals surface area (Å²) in [5, 5.41) is 11.5. The summed E-state index contributed by atoms with van der Waals surface area (Å²) in [6.07, 6.45) is 9.44. The number of halogens is 3. The smallest absolute Gasteiger partial charge is 0.410 e. The molecular weight excluding hydrogens is 637 g/mol. The summed E-state index contributed by atoms with van der Waals surface area (Å²) in [6.45, 7) is 4.16. The Hall–Kier alpha value is -4.83. The highest BCUT2D eigenvalue weighted by Crippen LogP contribution is 2.42. The number of phenols is 1. The minimum Gasteiger partial charge on any atom is -0.508 e. The van der Waals surface area contributed by atoms with Crippen LogP contribution >= 0.6 is 0 Å². The first-order valence-corrected chi connectivity index (χ1v) is 16.7. The molecular formula is C36H35F3N6O4. The number of pyridine rings is 1. The second-order valence-electron chi connectivity index (χ2n) is 13.4. The van der Waals surface area contributed by atoms with E-state index in [0.717, 1.165) is 32.2 Å². The van der Waals surface area contributed by atoms with Gasteiger partial charge in [0.2, 0.25) is 0 Å². The van der Waals surface area contributed by atoms with Crippen LogP contribution in [0.25, 0.3) is 32.9 Å². The van der Waals surface area contributed by atoms with E-state index in [1.807, 2.05) is 4.90 Å². The van der Waals surface area contributed by atoms with Gasteiger partial charge in [-0.1, -0.05) is 12.0 Å². The normalized spacial score (nSPS) is 24.8. The highest BCUT2D eigenvalue weighted by molar-refractivity contribution is 6.03. The Morgan fingerprint density at radius 2 is 1.96 bits per heavy atom. The molecule has 254 valence electrons. The molecule has 4 aliphatic heterocycles. The lowest BCUT2D eigenvalue weighted by molar-refractivity contribution is 0.0825. The summed E-state index contributed by atoms with van der Waals surface area (Å²) in [5.74, 6) is 1.08. The van der Waals surface area contributed by atoms with Gasteiger partial charge >= 0.3 is 12.1 Å². The molecule has 49 heavy (non-hydrogen) atoms. The van der Waals surface area contributed by atoms with Gasteiger partial charge in [-0.15, -0.1) is 6.42 Å². The van der Waals surface area contributed by atoms with E-state index in [-0.39, 0.29) is 70.9 Å². The minimum atomic E-state index is -0.955. The van der Waals surface area contributed by atoms with Gasteiger partial charge in [0.1, 0.15) is 41.4 Å². The molecule has 0 aliphatic carbocycles. The van der Waals surface area contributed by atoms with Gasteiger partial charge in [0, 0.05) is 43.2 Å². The third-order valence-electron chi connectivity index (χ3n) is 10.6. The quantitative estimate of drug-likeness (QED) is 0.263. The van der Waals surface area contributed by atoms with Crippen LogP contribution in [0, 0.1) is 24.0 Å². The van der Waals surface area contributed by atoms with Crippen molar-refractivity contribution in [1.82, 2.24) is 24.8 Å². The number of hydrogen-bond acceptors (Lipinski definition) is 9. The van der Waals surface area contributed by atoms with Crippen molar-refractivity contribution < 1.29 is 32.5 Å². The average molecular weight is 673 g/mol. The number of rotatable bonds is 6. The number of alkyl halides is 1. The molecule has 4 atom stereocenters. The van der Waals surface area contributed by atoms with Crippen molar-refractivity contribution in [2.75, 3.05) is 44.3 Å². The first-order chi connectivity index (χ1) is 23.7. The topological polar surface area (TPSA) is 104 Å². The van der Waals surface area contributed by atoms with Crippen LogP contribution in [0.3, 0.4) is 0 Å². The molecule has 10 nitrogen and oxygen atoms in total. The second-order valence-corrected chi connectivity index (χ2v) is 13.4. The van der Waals surface area contributed by atoms with Gasteiger partial charge in [-0.05, 0) is 62.7 Å². The number of carbonyl (C=O) groups is 1. The maximum atomic E-state index is 16.9. The van der Waals surface area contributed by atoms with Crippen molar-refractivity contribution in [3.8, 4) is 35.4 Å². The molecule has 4 aliphatic rings. The summed E-state index contributed by atoms with van der Waals surface area (Å²) < 4.78 is 57.9. The van der Waals surface area contributed by atoms with E-state index in [9.17, 15) is 18.7 Å². The largest absolute Gasteiger partial charge is 0.508 e. The maximum absolute atomic E-state index is 16.9. The summed E-state index contributed by atoms with van der Waals surface area (Å²) in [7, 11) is 0. The number of benzene rings is 2. The van der Waals surface area contributed by atoms with Crippen molar-refractivity contribution in [3.63, 3.8) is 0 Å². The van der Waals surface area contributed by atoms with Crippen LogP contribution in [0.1, 0.15) is 44.6 Å². The molecule has 0 radical (unpaired) electrons. The minimum absolute atomic E-state index is 0.0709. The lowest BCUT2D eigenvalue weighted by Crippen LogP contribution is -2.56. The number of aromatic nitrogens is 3. The van der Waals surface area contributed by atoms with E-state index < -0.39 is 23.3 Å². The predicted molar refractivity (Wildman–Crippen MR) is 176 cm³/mol. The van der Waals surface area contributed by atoms with Gasteiger partial charge in [0.05, 0.1) is 35.2 Å². The van der Waals surface area contributed by atoms with Crippen LogP contribution in [0.15, 0.2) is 30.5 Å². The van der Waals surface area contributed by atoms with Gasteiger partial charge in [-0.2, -0.15) is 9.97 Å². The molecule has 0 spiro atoms. The SMILES string of the molecule is C#Cc1c(F)ccc2cc(O)cc(-c3ncc4c(N5CC6CCC(C5)N6C(=O)OCC)nc(OC[C@@]56CCCN5C[C@H](F)C6)nc4c3F)c12.